The Balaban J connectivity index is 1.45. The lowest BCUT2D eigenvalue weighted by Crippen LogP contribution is -2.23. The van der Waals surface area contributed by atoms with Gasteiger partial charge in [0, 0.05) is 24.2 Å². The molecule has 2 aromatic heterocycles. The van der Waals surface area contributed by atoms with Gasteiger partial charge in [0.05, 0.1) is 5.52 Å². The number of carbonyl (C=O) groups is 1. The van der Waals surface area contributed by atoms with Crippen molar-refractivity contribution in [1.82, 2.24) is 20.5 Å². The first-order valence-electron chi connectivity index (χ1n) is 8.29. The third kappa shape index (κ3) is 3.77. The molecule has 0 saturated heterocycles. The average Bonchev–Trinajstić information content (AvgIpc) is 3.10. The summed E-state index contributed by atoms with van der Waals surface area (Å²) in [6.45, 7) is 0.299. The van der Waals surface area contributed by atoms with Gasteiger partial charge in [-0.1, -0.05) is 18.2 Å². The average molecular weight is 362 g/mol. The number of halogens is 1. The molecule has 0 aliphatic carbocycles. The van der Waals surface area contributed by atoms with Crippen molar-refractivity contribution in [3.05, 3.63) is 83.9 Å². The Labute approximate surface area is 154 Å². The molecule has 1 amide bonds. The molecule has 0 atom stereocenters. The number of carbonyl (C=O) groups excluding carboxylic acids is 1. The van der Waals surface area contributed by atoms with Crippen LogP contribution in [0.25, 0.3) is 10.9 Å². The molecular formula is C20H15FN4O2. The van der Waals surface area contributed by atoms with Crippen LogP contribution in [0.5, 0.6) is 11.6 Å². The van der Waals surface area contributed by atoms with Crippen molar-refractivity contribution in [2.75, 3.05) is 0 Å². The molecule has 6 nitrogen and oxygen atoms in total. The highest BCUT2D eigenvalue weighted by molar-refractivity contribution is 6.04. The van der Waals surface area contributed by atoms with Crippen LogP contribution in [0.4, 0.5) is 4.39 Å². The third-order valence-electron chi connectivity index (χ3n) is 3.95. The lowest BCUT2D eigenvalue weighted by molar-refractivity contribution is 0.0947. The molecule has 2 aromatic carbocycles. The fraction of sp³-hybridized carbons (Fsp3) is 0.0500. The van der Waals surface area contributed by atoms with Gasteiger partial charge in [0.15, 0.2) is 5.69 Å². The Bertz CT molecular complexity index is 1100. The Hall–Kier alpha value is -3.74. The van der Waals surface area contributed by atoms with Crippen LogP contribution < -0.4 is 10.1 Å². The van der Waals surface area contributed by atoms with Crippen molar-refractivity contribution in [2.24, 2.45) is 0 Å². The lowest BCUT2D eigenvalue weighted by atomic mass is 10.2. The molecule has 0 fully saturated rings. The molecule has 2 N–H and O–H groups in total. The van der Waals surface area contributed by atoms with Crippen LogP contribution in [-0.2, 0) is 6.54 Å². The molecule has 0 aliphatic rings. The van der Waals surface area contributed by atoms with Gasteiger partial charge in [-0.05, 0) is 42.0 Å². The van der Waals surface area contributed by atoms with Crippen molar-refractivity contribution in [3.8, 4) is 11.6 Å². The molecule has 0 unspecified atom stereocenters. The van der Waals surface area contributed by atoms with E-state index >= 15 is 0 Å². The number of aromatic amines is 1. The quantitative estimate of drug-likeness (QED) is 0.566. The van der Waals surface area contributed by atoms with Crippen molar-refractivity contribution >= 4 is 16.8 Å². The summed E-state index contributed by atoms with van der Waals surface area (Å²) in [5.74, 6) is 0.391. The third-order valence-corrected chi connectivity index (χ3v) is 3.95. The molecule has 0 bridgehead atoms. The standard InChI is InChI=1S/C20H15FN4O2/c21-14-7-8-16-17(11-14)24-25-19(16)20(26)23-12-13-4-3-5-15(10-13)27-18-6-1-2-9-22-18/h1-11H,12H2,(H,23,26)(H,24,25). The predicted octanol–water partition coefficient (Wildman–Crippen LogP) is 3.82. The first kappa shape index (κ1) is 16.7. The number of aromatic nitrogens is 3. The first-order valence-corrected chi connectivity index (χ1v) is 8.29. The number of ether oxygens (including phenoxy) is 1. The highest BCUT2D eigenvalue weighted by Gasteiger charge is 2.14. The molecule has 0 aliphatic heterocycles. The molecule has 0 saturated carbocycles. The number of nitrogens with one attached hydrogen (secondary N) is 2. The topological polar surface area (TPSA) is 79.9 Å². The van der Waals surface area contributed by atoms with E-state index in [2.05, 4.69) is 20.5 Å². The van der Waals surface area contributed by atoms with Crippen molar-refractivity contribution in [3.63, 3.8) is 0 Å². The number of nitrogens with zero attached hydrogens (tertiary/aromatic N) is 2. The lowest BCUT2D eigenvalue weighted by Gasteiger charge is -2.08. The van der Waals surface area contributed by atoms with Crippen LogP contribution in [0.3, 0.4) is 0 Å². The maximum Gasteiger partial charge on any atom is 0.272 e. The minimum atomic E-state index is -0.386. The Morgan fingerprint density at radius 3 is 2.89 bits per heavy atom. The number of benzene rings is 2. The van der Waals surface area contributed by atoms with E-state index in [1.165, 1.54) is 18.2 Å². The van der Waals surface area contributed by atoms with Gasteiger partial charge in [0.2, 0.25) is 5.88 Å². The van der Waals surface area contributed by atoms with Crippen molar-refractivity contribution in [2.45, 2.75) is 6.54 Å². The molecule has 2 heterocycles. The second-order valence-corrected chi connectivity index (χ2v) is 5.86. The van der Waals surface area contributed by atoms with Gasteiger partial charge in [-0.2, -0.15) is 5.10 Å². The molecule has 134 valence electrons. The van der Waals surface area contributed by atoms with Crippen LogP contribution in [0, 0.1) is 5.82 Å². The summed E-state index contributed by atoms with van der Waals surface area (Å²) in [6, 6.07) is 16.9. The first-order chi connectivity index (χ1) is 13.2. The maximum absolute atomic E-state index is 13.2. The maximum atomic E-state index is 13.2. The molecule has 0 spiro atoms. The minimum absolute atomic E-state index is 0.228. The van der Waals surface area contributed by atoms with Gasteiger partial charge in [0.25, 0.3) is 5.91 Å². The number of amides is 1. The monoisotopic (exact) mass is 362 g/mol. The summed E-state index contributed by atoms with van der Waals surface area (Å²) in [6.07, 6.45) is 1.65. The molecule has 4 rings (SSSR count). The number of rotatable bonds is 5. The van der Waals surface area contributed by atoms with Crippen molar-refractivity contribution in [1.29, 1.82) is 0 Å². The Morgan fingerprint density at radius 2 is 2.04 bits per heavy atom. The predicted molar refractivity (Wildman–Crippen MR) is 98.0 cm³/mol. The highest BCUT2D eigenvalue weighted by Crippen LogP contribution is 2.20. The number of hydrogen-bond acceptors (Lipinski definition) is 4. The second kappa shape index (κ2) is 7.25. The Morgan fingerprint density at radius 1 is 1.11 bits per heavy atom. The zero-order valence-electron chi connectivity index (χ0n) is 14.1. The van der Waals surface area contributed by atoms with Crippen molar-refractivity contribution < 1.29 is 13.9 Å². The number of H-pyrrole nitrogens is 1. The van der Waals surface area contributed by atoms with Gasteiger partial charge in [-0.25, -0.2) is 9.37 Å². The summed E-state index contributed by atoms with van der Waals surface area (Å²) in [7, 11) is 0. The Kier molecular flexibility index (Phi) is 4.49. The summed E-state index contributed by atoms with van der Waals surface area (Å²) in [4.78, 5) is 16.5. The highest BCUT2D eigenvalue weighted by atomic mass is 19.1. The van der Waals surface area contributed by atoms with Crippen LogP contribution in [0.15, 0.2) is 66.9 Å². The summed E-state index contributed by atoms with van der Waals surface area (Å²) >= 11 is 0. The summed E-state index contributed by atoms with van der Waals surface area (Å²) in [5.41, 5.74) is 1.57. The van der Waals surface area contributed by atoms with E-state index in [0.29, 0.717) is 29.1 Å². The van der Waals surface area contributed by atoms with Crippen LogP contribution >= 0.6 is 0 Å². The van der Waals surface area contributed by atoms with Crippen LogP contribution in [0.1, 0.15) is 16.1 Å². The fourth-order valence-electron chi connectivity index (χ4n) is 2.68. The zero-order valence-corrected chi connectivity index (χ0v) is 14.1. The van der Waals surface area contributed by atoms with E-state index in [0.717, 1.165) is 5.56 Å². The fourth-order valence-corrected chi connectivity index (χ4v) is 2.68. The molecule has 27 heavy (non-hydrogen) atoms. The summed E-state index contributed by atoms with van der Waals surface area (Å²) in [5, 5.41) is 10.0. The zero-order chi connectivity index (χ0) is 18.6. The van der Waals surface area contributed by atoms with Crippen LogP contribution in [-0.4, -0.2) is 21.1 Å². The smallest absolute Gasteiger partial charge is 0.272 e. The van der Waals surface area contributed by atoms with E-state index in [1.807, 2.05) is 36.4 Å². The molecular weight excluding hydrogens is 347 g/mol. The normalized spacial score (nSPS) is 10.7. The van der Waals surface area contributed by atoms with Gasteiger partial charge in [-0.3, -0.25) is 9.89 Å². The second-order valence-electron chi connectivity index (χ2n) is 5.86. The SMILES string of the molecule is O=C(NCc1cccc(Oc2ccccn2)c1)c1n[nH]c2cc(F)ccc12. The van der Waals surface area contributed by atoms with Crippen LogP contribution in [0.2, 0.25) is 0 Å². The number of pyridine rings is 1. The van der Waals surface area contributed by atoms with E-state index in [9.17, 15) is 9.18 Å². The number of fused-ring (bicyclic) bond motifs is 1. The molecule has 0 radical (unpaired) electrons. The number of hydrogen-bond donors (Lipinski definition) is 2. The van der Waals surface area contributed by atoms with Gasteiger partial charge in [0.1, 0.15) is 11.6 Å². The van der Waals surface area contributed by atoms with Gasteiger partial charge < -0.3 is 10.1 Å². The van der Waals surface area contributed by atoms with E-state index < -0.39 is 0 Å². The van der Waals surface area contributed by atoms with Gasteiger partial charge in [-0.15, -0.1) is 0 Å². The summed E-state index contributed by atoms with van der Waals surface area (Å²) < 4.78 is 18.9. The van der Waals surface area contributed by atoms with Gasteiger partial charge >= 0.3 is 0 Å². The largest absolute Gasteiger partial charge is 0.439 e. The minimum Gasteiger partial charge on any atom is -0.439 e. The molecule has 4 aromatic rings. The molecule has 7 heteroatoms. The van der Waals surface area contributed by atoms with E-state index in [1.54, 1.807) is 12.3 Å². The van der Waals surface area contributed by atoms with E-state index in [4.69, 9.17) is 4.74 Å². The van der Waals surface area contributed by atoms with E-state index in [-0.39, 0.29) is 17.4 Å².